The average Bonchev–Trinajstić information content (AvgIpc) is 3.65. The van der Waals surface area contributed by atoms with Crippen LogP contribution in [0.3, 0.4) is 0 Å². The maximum atomic E-state index is 13.1. The largest absolute Gasteiger partial charge is 0.496 e. The minimum Gasteiger partial charge on any atom is -0.496 e. The van der Waals surface area contributed by atoms with Crippen molar-refractivity contribution in [3.05, 3.63) is 80.3 Å². The lowest BCUT2D eigenvalue weighted by atomic mass is 9.95. The number of amides is 3. The number of hydrogen-bond donors (Lipinski definition) is 1. The van der Waals surface area contributed by atoms with E-state index in [1.807, 2.05) is 30.5 Å². The molecule has 11 heteroatoms. The maximum absolute atomic E-state index is 13.1. The van der Waals surface area contributed by atoms with E-state index in [1.165, 1.54) is 0 Å². The van der Waals surface area contributed by atoms with Gasteiger partial charge in [-0.2, -0.15) is 0 Å². The molecule has 3 aromatic rings. The molecule has 1 aromatic heterocycles. The van der Waals surface area contributed by atoms with Crippen LogP contribution in [0.25, 0.3) is 11.1 Å². The number of ether oxygens (including phenoxy) is 3. The van der Waals surface area contributed by atoms with Crippen LogP contribution in [0, 0.1) is 17.8 Å². The van der Waals surface area contributed by atoms with Crippen LogP contribution in [0.1, 0.15) is 51.0 Å². The third-order valence-corrected chi connectivity index (χ3v) is 9.29. The second kappa shape index (κ2) is 11.8. The summed E-state index contributed by atoms with van der Waals surface area (Å²) in [5.74, 6) is 7.25. The topological polar surface area (TPSA) is 119 Å². The molecule has 0 aliphatic carbocycles. The van der Waals surface area contributed by atoms with Crippen molar-refractivity contribution in [1.29, 1.82) is 0 Å². The minimum absolute atomic E-state index is 0.0386. The standard InChI is InChI=1S/C35H34N4O7/c1-37-16-25(27-18-46-19-28(27)34(37)42)23-11-30(44-2)26(31(12-23)45-3)17-38-13-21(14-38)5-4-20-6-7-22-15-39(35(43)24(22)10-20)29-8-9-32(40)36-33(29)41/h6-7,10-12,16,21,29H,8-9,13-15,17-19H2,1-3H3,(H,36,40,41). The highest BCUT2D eigenvalue weighted by Gasteiger charge is 2.39. The normalized spacial score (nSPS) is 19.2. The maximum Gasteiger partial charge on any atom is 0.256 e. The number of aryl methyl sites for hydroxylation is 1. The monoisotopic (exact) mass is 622 g/mol. The van der Waals surface area contributed by atoms with Crippen molar-refractivity contribution in [3.63, 3.8) is 0 Å². The number of piperidine rings is 1. The van der Waals surface area contributed by atoms with Gasteiger partial charge in [0.05, 0.1) is 33.0 Å². The Balaban J connectivity index is 1.03. The lowest BCUT2D eigenvalue weighted by molar-refractivity contribution is -0.136. The first-order chi connectivity index (χ1) is 22.2. The molecule has 0 spiro atoms. The van der Waals surface area contributed by atoms with Gasteiger partial charge in [-0.3, -0.25) is 29.4 Å². The third kappa shape index (κ3) is 5.23. The summed E-state index contributed by atoms with van der Waals surface area (Å²) in [6, 6.07) is 8.96. The zero-order valence-electron chi connectivity index (χ0n) is 26.0. The Bertz CT molecular complexity index is 1890. The number of nitrogens with zero attached hydrogens (tertiary/aromatic N) is 3. The zero-order chi connectivity index (χ0) is 32.1. The summed E-state index contributed by atoms with van der Waals surface area (Å²) in [5.41, 5.74) is 6.49. The number of methoxy groups -OCH3 is 2. The molecular weight excluding hydrogens is 588 g/mol. The average molecular weight is 623 g/mol. The smallest absolute Gasteiger partial charge is 0.256 e. The number of imide groups is 1. The molecule has 0 saturated carbocycles. The molecule has 0 bridgehead atoms. The van der Waals surface area contributed by atoms with Gasteiger partial charge in [-0.15, -0.1) is 0 Å². The van der Waals surface area contributed by atoms with Crippen molar-refractivity contribution in [2.45, 2.75) is 45.2 Å². The summed E-state index contributed by atoms with van der Waals surface area (Å²) in [6.45, 7) is 3.24. The van der Waals surface area contributed by atoms with Crippen LogP contribution in [0.15, 0.2) is 41.3 Å². The van der Waals surface area contributed by atoms with E-state index in [4.69, 9.17) is 14.2 Å². The molecule has 1 atom stereocenters. The van der Waals surface area contributed by atoms with Crippen LogP contribution in [-0.4, -0.2) is 65.4 Å². The van der Waals surface area contributed by atoms with Crippen LogP contribution in [0.4, 0.5) is 0 Å². The molecule has 2 saturated heterocycles. The van der Waals surface area contributed by atoms with Crippen LogP contribution in [0.5, 0.6) is 11.5 Å². The molecule has 46 heavy (non-hydrogen) atoms. The van der Waals surface area contributed by atoms with Gasteiger partial charge in [0, 0.05) is 74.0 Å². The molecular formula is C35H34N4O7. The van der Waals surface area contributed by atoms with Crippen molar-refractivity contribution in [2.75, 3.05) is 27.3 Å². The van der Waals surface area contributed by atoms with E-state index in [0.717, 1.165) is 46.5 Å². The number of benzene rings is 2. The van der Waals surface area contributed by atoms with Crippen LogP contribution >= 0.6 is 0 Å². The number of fused-ring (bicyclic) bond motifs is 2. The number of aromatic nitrogens is 1. The second-order valence-electron chi connectivity index (χ2n) is 12.2. The SMILES string of the molecule is COc1cc(-c2cn(C)c(=O)c3c2COC3)cc(OC)c1CN1CC(C#Cc2ccc3c(c2)C(=O)N(C2CCC(=O)NC2=O)C3)C1. The Labute approximate surface area is 266 Å². The van der Waals surface area contributed by atoms with Gasteiger partial charge in [0.25, 0.3) is 11.5 Å². The van der Waals surface area contributed by atoms with Gasteiger partial charge < -0.3 is 23.7 Å². The third-order valence-electron chi connectivity index (χ3n) is 9.29. The molecule has 2 aromatic carbocycles. The fourth-order valence-electron chi connectivity index (χ4n) is 6.78. The molecule has 1 N–H and O–H groups in total. The number of carbonyl (C=O) groups is 3. The zero-order valence-corrected chi connectivity index (χ0v) is 26.0. The summed E-state index contributed by atoms with van der Waals surface area (Å²) in [5, 5.41) is 2.34. The van der Waals surface area contributed by atoms with Crippen molar-refractivity contribution in [1.82, 2.24) is 19.7 Å². The number of hydrogen-bond acceptors (Lipinski definition) is 8. The Hall–Kier alpha value is -4.92. The fourth-order valence-corrected chi connectivity index (χ4v) is 6.78. The van der Waals surface area contributed by atoms with Gasteiger partial charge in [0.2, 0.25) is 11.8 Å². The minimum atomic E-state index is -0.634. The van der Waals surface area contributed by atoms with Crippen molar-refractivity contribution in [3.8, 4) is 34.5 Å². The van der Waals surface area contributed by atoms with Gasteiger partial charge in [-0.05, 0) is 47.4 Å². The van der Waals surface area contributed by atoms with E-state index in [0.29, 0.717) is 55.4 Å². The predicted molar refractivity (Wildman–Crippen MR) is 167 cm³/mol. The van der Waals surface area contributed by atoms with E-state index >= 15 is 0 Å². The number of pyridine rings is 1. The highest BCUT2D eigenvalue weighted by atomic mass is 16.5. The molecule has 236 valence electrons. The number of rotatable bonds is 6. The summed E-state index contributed by atoms with van der Waals surface area (Å²) in [7, 11) is 5.04. The fraction of sp³-hybridized carbons (Fsp3) is 0.371. The van der Waals surface area contributed by atoms with E-state index < -0.39 is 11.9 Å². The second-order valence-corrected chi connectivity index (χ2v) is 12.2. The first-order valence-electron chi connectivity index (χ1n) is 15.3. The van der Waals surface area contributed by atoms with Crippen LogP contribution in [-0.2, 0) is 47.7 Å². The van der Waals surface area contributed by atoms with E-state index in [1.54, 1.807) is 36.8 Å². The lowest BCUT2D eigenvalue weighted by Gasteiger charge is -2.37. The summed E-state index contributed by atoms with van der Waals surface area (Å²) in [4.78, 5) is 53.4. The molecule has 7 rings (SSSR count). The Kier molecular flexibility index (Phi) is 7.63. The van der Waals surface area contributed by atoms with Gasteiger partial charge in [-0.25, -0.2) is 0 Å². The molecule has 11 nitrogen and oxygen atoms in total. The Morgan fingerprint density at radius 1 is 0.978 bits per heavy atom. The summed E-state index contributed by atoms with van der Waals surface area (Å²) >= 11 is 0. The number of nitrogens with one attached hydrogen (secondary N) is 1. The Morgan fingerprint density at radius 2 is 1.72 bits per heavy atom. The molecule has 1 unspecified atom stereocenters. The highest BCUT2D eigenvalue weighted by molar-refractivity contribution is 6.05. The van der Waals surface area contributed by atoms with Crippen molar-refractivity contribution in [2.24, 2.45) is 13.0 Å². The first kappa shape index (κ1) is 29.8. The van der Waals surface area contributed by atoms with Gasteiger partial charge in [0.15, 0.2) is 0 Å². The Morgan fingerprint density at radius 3 is 2.43 bits per heavy atom. The molecule has 5 heterocycles. The number of likely N-dealkylation sites (tertiary alicyclic amines) is 1. The molecule has 0 radical (unpaired) electrons. The van der Waals surface area contributed by atoms with E-state index in [2.05, 4.69) is 22.1 Å². The van der Waals surface area contributed by atoms with E-state index in [9.17, 15) is 19.2 Å². The van der Waals surface area contributed by atoms with Gasteiger partial charge in [0.1, 0.15) is 17.5 Å². The highest BCUT2D eigenvalue weighted by Crippen LogP contribution is 2.39. The summed E-state index contributed by atoms with van der Waals surface area (Å²) < 4.78 is 18.8. The summed E-state index contributed by atoms with van der Waals surface area (Å²) in [6.07, 6.45) is 2.40. The van der Waals surface area contributed by atoms with Gasteiger partial charge in [-0.1, -0.05) is 17.9 Å². The van der Waals surface area contributed by atoms with Crippen LogP contribution in [0.2, 0.25) is 0 Å². The van der Waals surface area contributed by atoms with Crippen LogP contribution < -0.4 is 20.3 Å². The first-order valence-corrected chi connectivity index (χ1v) is 15.3. The van der Waals surface area contributed by atoms with Gasteiger partial charge >= 0.3 is 0 Å². The van der Waals surface area contributed by atoms with Crippen molar-refractivity contribution < 1.29 is 28.6 Å². The number of carbonyl (C=O) groups excluding carboxylic acids is 3. The molecule has 4 aliphatic rings. The predicted octanol–water partition coefficient (Wildman–Crippen LogP) is 2.34. The lowest BCUT2D eigenvalue weighted by Crippen LogP contribution is -2.52. The van der Waals surface area contributed by atoms with E-state index in [-0.39, 0.29) is 29.7 Å². The molecule has 4 aliphatic heterocycles. The molecule has 2 fully saturated rings. The molecule has 3 amide bonds. The quantitative estimate of drug-likeness (QED) is 0.329. The van der Waals surface area contributed by atoms with Crippen molar-refractivity contribution >= 4 is 17.7 Å².